The van der Waals surface area contributed by atoms with Crippen molar-refractivity contribution in [1.82, 2.24) is 14.9 Å². The van der Waals surface area contributed by atoms with Crippen LogP contribution in [0.25, 0.3) is 0 Å². The lowest BCUT2D eigenvalue weighted by Gasteiger charge is -2.24. The van der Waals surface area contributed by atoms with Gasteiger partial charge in [-0.25, -0.2) is 14.8 Å². The fourth-order valence-corrected chi connectivity index (χ4v) is 3.74. The van der Waals surface area contributed by atoms with Crippen LogP contribution in [0.1, 0.15) is 41.3 Å². The Bertz CT molecular complexity index is 747. The Morgan fingerprint density at radius 2 is 2.15 bits per heavy atom. The van der Waals surface area contributed by atoms with Gasteiger partial charge in [0.1, 0.15) is 11.4 Å². The summed E-state index contributed by atoms with van der Waals surface area (Å²) in [6.45, 7) is 10.3. The van der Waals surface area contributed by atoms with Gasteiger partial charge < -0.3 is 9.64 Å². The first kappa shape index (κ1) is 18.8. The van der Waals surface area contributed by atoms with Gasteiger partial charge in [-0.15, -0.1) is 11.3 Å². The lowest BCUT2D eigenvalue weighted by Crippen LogP contribution is -2.32. The van der Waals surface area contributed by atoms with Crippen molar-refractivity contribution < 1.29 is 9.53 Å². The van der Waals surface area contributed by atoms with E-state index in [0.29, 0.717) is 5.56 Å². The summed E-state index contributed by atoms with van der Waals surface area (Å²) in [4.78, 5) is 26.1. The van der Waals surface area contributed by atoms with Crippen molar-refractivity contribution >= 4 is 23.1 Å². The topological polar surface area (TPSA) is 58.6 Å². The van der Waals surface area contributed by atoms with Gasteiger partial charge in [-0.05, 0) is 39.3 Å². The first-order chi connectivity index (χ1) is 12.5. The van der Waals surface area contributed by atoms with E-state index in [1.54, 1.807) is 29.7 Å². The number of carbonyl (C=O) groups excluding carboxylic acids is 1. The van der Waals surface area contributed by atoms with E-state index in [2.05, 4.69) is 25.1 Å². The summed E-state index contributed by atoms with van der Waals surface area (Å²) in [5.41, 5.74) is 1.68. The normalized spacial score (nSPS) is 15.9. The van der Waals surface area contributed by atoms with Gasteiger partial charge in [0.05, 0.1) is 16.8 Å². The van der Waals surface area contributed by atoms with Crippen LogP contribution in [0, 0.1) is 6.92 Å². The van der Waals surface area contributed by atoms with Crippen molar-refractivity contribution in [2.24, 2.45) is 0 Å². The molecule has 0 atom stereocenters. The van der Waals surface area contributed by atoms with E-state index in [4.69, 9.17) is 4.74 Å². The quantitative estimate of drug-likeness (QED) is 0.750. The lowest BCUT2D eigenvalue weighted by molar-refractivity contribution is 0.0378. The van der Waals surface area contributed by atoms with Crippen molar-refractivity contribution in [2.75, 3.05) is 31.1 Å². The van der Waals surface area contributed by atoms with Gasteiger partial charge in [-0.2, -0.15) is 0 Å². The van der Waals surface area contributed by atoms with Crippen molar-refractivity contribution in [3.8, 4) is 0 Å². The Kier molecular flexibility index (Phi) is 6.21. The van der Waals surface area contributed by atoms with E-state index in [9.17, 15) is 4.79 Å². The monoisotopic (exact) mass is 374 g/mol. The average Bonchev–Trinajstić information content (AvgIpc) is 2.88. The molecule has 0 spiro atoms. The van der Waals surface area contributed by atoms with Crippen LogP contribution in [-0.4, -0.2) is 53.1 Å². The molecule has 0 aromatic carbocycles. The molecule has 1 saturated heterocycles. The highest BCUT2D eigenvalue weighted by Crippen LogP contribution is 2.21. The summed E-state index contributed by atoms with van der Waals surface area (Å²) in [7, 11) is 0. The molecule has 26 heavy (non-hydrogen) atoms. The second-order valence-electron chi connectivity index (χ2n) is 6.80. The number of esters is 1. The number of pyridine rings is 1. The highest BCUT2D eigenvalue weighted by molar-refractivity contribution is 7.09. The maximum absolute atomic E-state index is 12.4. The van der Waals surface area contributed by atoms with Crippen LogP contribution in [0.4, 0.5) is 5.82 Å². The first-order valence-electron chi connectivity index (χ1n) is 9.07. The third-order valence-electron chi connectivity index (χ3n) is 4.29. The molecular weight excluding hydrogens is 348 g/mol. The molecule has 3 rings (SSSR count). The molecule has 140 valence electrons. The molecule has 0 bridgehead atoms. The minimum atomic E-state index is -0.304. The maximum Gasteiger partial charge on any atom is 0.342 e. The van der Waals surface area contributed by atoms with Gasteiger partial charge in [0.2, 0.25) is 0 Å². The van der Waals surface area contributed by atoms with Crippen LogP contribution in [0.2, 0.25) is 0 Å². The number of anilines is 1. The van der Waals surface area contributed by atoms with Crippen LogP contribution in [-0.2, 0) is 11.3 Å². The molecule has 2 aromatic rings. The Morgan fingerprint density at radius 3 is 2.88 bits per heavy atom. The summed E-state index contributed by atoms with van der Waals surface area (Å²) in [5.74, 6) is 0.423. The van der Waals surface area contributed by atoms with Crippen LogP contribution >= 0.6 is 11.3 Å². The van der Waals surface area contributed by atoms with Crippen LogP contribution in [0.15, 0.2) is 23.7 Å². The summed E-state index contributed by atoms with van der Waals surface area (Å²) in [5, 5.41) is 3.25. The molecule has 1 aliphatic rings. The van der Waals surface area contributed by atoms with Crippen LogP contribution in [0.3, 0.4) is 0 Å². The van der Waals surface area contributed by atoms with Gasteiger partial charge >= 0.3 is 5.97 Å². The van der Waals surface area contributed by atoms with Crippen LogP contribution in [0.5, 0.6) is 0 Å². The summed E-state index contributed by atoms with van der Waals surface area (Å²) < 4.78 is 5.38. The summed E-state index contributed by atoms with van der Waals surface area (Å²) in [6.07, 6.45) is 2.62. The molecule has 1 fully saturated rings. The molecule has 2 aromatic heterocycles. The predicted molar refractivity (Wildman–Crippen MR) is 104 cm³/mol. The van der Waals surface area contributed by atoms with E-state index in [0.717, 1.165) is 55.7 Å². The fourth-order valence-electron chi connectivity index (χ4n) is 3.14. The fraction of sp³-hybridized carbons (Fsp3) is 0.526. The van der Waals surface area contributed by atoms with Gasteiger partial charge in [0.15, 0.2) is 0 Å². The smallest absolute Gasteiger partial charge is 0.342 e. The number of aromatic nitrogens is 2. The van der Waals surface area contributed by atoms with E-state index in [1.165, 1.54) is 0 Å². The molecule has 0 unspecified atom stereocenters. The molecule has 7 heteroatoms. The summed E-state index contributed by atoms with van der Waals surface area (Å²) in [6, 6.07) is 3.59. The van der Waals surface area contributed by atoms with Crippen molar-refractivity contribution in [3.63, 3.8) is 0 Å². The average molecular weight is 375 g/mol. The van der Waals surface area contributed by atoms with Gasteiger partial charge in [0, 0.05) is 44.3 Å². The van der Waals surface area contributed by atoms with E-state index in [1.807, 2.05) is 20.8 Å². The molecular formula is C19H26N4O2S. The molecule has 0 aliphatic carbocycles. The molecule has 1 aliphatic heterocycles. The Labute approximate surface area is 158 Å². The van der Waals surface area contributed by atoms with Crippen molar-refractivity contribution in [1.29, 1.82) is 0 Å². The highest BCUT2D eigenvalue weighted by Gasteiger charge is 2.22. The number of nitrogens with zero attached hydrogens (tertiary/aromatic N) is 4. The SMILES string of the molecule is Cc1nc(CN2CCCN(c3ncccc3C(=O)OC(C)C)CC2)cs1. The molecule has 3 heterocycles. The predicted octanol–water partition coefficient (Wildman–Crippen LogP) is 3.12. The Hall–Kier alpha value is -1.99. The minimum absolute atomic E-state index is 0.142. The zero-order valence-corrected chi connectivity index (χ0v) is 16.5. The number of hydrogen-bond donors (Lipinski definition) is 0. The molecule has 0 radical (unpaired) electrons. The molecule has 0 N–H and O–H groups in total. The third-order valence-corrected chi connectivity index (χ3v) is 5.11. The second-order valence-corrected chi connectivity index (χ2v) is 7.87. The highest BCUT2D eigenvalue weighted by atomic mass is 32.1. The van der Waals surface area contributed by atoms with Gasteiger partial charge in [0.25, 0.3) is 0 Å². The first-order valence-corrected chi connectivity index (χ1v) is 9.95. The lowest BCUT2D eigenvalue weighted by atomic mass is 10.2. The van der Waals surface area contributed by atoms with E-state index >= 15 is 0 Å². The standard InChI is InChI=1S/C19H26N4O2S/c1-14(2)25-19(24)17-6-4-7-20-18(17)23-9-5-8-22(10-11-23)12-16-13-26-15(3)21-16/h4,6-7,13-14H,5,8-12H2,1-3H3. The zero-order chi connectivity index (χ0) is 18.5. The number of rotatable bonds is 5. The molecule has 0 saturated carbocycles. The number of carbonyl (C=O) groups is 1. The Morgan fingerprint density at radius 1 is 1.31 bits per heavy atom. The molecule has 6 nitrogen and oxygen atoms in total. The van der Waals surface area contributed by atoms with E-state index in [-0.39, 0.29) is 12.1 Å². The summed E-state index contributed by atoms with van der Waals surface area (Å²) >= 11 is 1.70. The minimum Gasteiger partial charge on any atom is -0.459 e. The van der Waals surface area contributed by atoms with Crippen molar-refractivity contribution in [2.45, 2.75) is 39.8 Å². The van der Waals surface area contributed by atoms with Gasteiger partial charge in [-0.1, -0.05) is 0 Å². The number of aryl methyl sites for hydroxylation is 1. The Balaban J connectivity index is 1.68. The number of ether oxygens (including phenoxy) is 1. The van der Waals surface area contributed by atoms with Crippen molar-refractivity contribution in [3.05, 3.63) is 40.0 Å². The van der Waals surface area contributed by atoms with E-state index < -0.39 is 0 Å². The molecule has 0 amide bonds. The third kappa shape index (κ3) is 4.80. The number of thiazole rings is 1. The largest absolute Gasteiger partial charge is 0.459 e. The van der Waals surface area contributed by atoms with Gasteiger partial charge in [-0.3, -0.25) is 4.90 Å². The maximum atomic E-state index is 12.4. The second kappa shape index (κ2) is 8.60. The zero-order valence-electron chi connectivity index (χ0n) is 15.6. The van der Waals surface area contributed by atoms with Crippen LogP contribution < -0.4 is 4.90 Å². The number of hydrogen-bond acceptors (Lipinski definition) is 7.